The van der Waals surface area contributed by atoms with Gasteiger partial charge in [-0.25, -0.2) is 0 Å². The normalized spacial score (nSPS) is 11.4. The van der Waals surface area contributed by atoms with Crippen LogP contribution in [0.5, 0.6) is 0 Å². The fraction of sp³-hybridized carbons (Fsp3) is 0.400. The topological polar surface area (TPSA) is 20.3 Å². The Labute approximate surface area is 125 Å². The van der Waals surface area contributed by atoms with Crippen molar-refractivity contribution in [2.45, 2.75) is 20.3 Å². The SMILES string of the molecule is CCN(CC)CCC(=O)/C=C\c1ccc(Cl)c(Cl)c1. The number of carbonyl (C=O) groups excluding carboxylic acids is 1. The second-order valence-electron chi connectivity index (χ2n) is 4.25. The molecule has 1 aromatic carbocycles. The number of benzene rings is 1. The number of ketones is 1. The highest BCUT2D eigenvalue weighted by molar-refractivity contribution is 6.42. The third-order valence-corrected chi connectivity index (χ3v) is 3.71. The molecule has 19 heavy (non-hydrogen) atoms. The Kier molecular flexibility index (Phi) is 7.14. The van der Waals surface area contributed by atoms with Gasteiger partial charge in [0.2, 0.25) is 0 Å². The van der Waals surface area contributed by atoms with Crippen LogP contribution >= 0.6 is 23.2 Å². The van der Waals surface area contributed by atoms with Crippen molar-refractivity contribution in [1.82, 2.24) is 4.90 Å². The van der Waals surface area contributed by atoms with Gasteiger partial charge in [-0.3, -0.25) is 4.79 Å². The molecular weight excluding hydrogens is 281 g/mol. The van der Waals surface area contributed by atoms with Gasteiger partial charge in [0.25, 0.3) is 0 Å². The Balaban J connectivity index is 2.51. The zero-order valence-corrected chi connectivity index (χ0v) is 12.8. The monoisotopic (exact) mass is 299 g/mol. The quantitative estimate of drug-likeness (QED) is 0.699. The van der Waals surface area contributed by atoms with Gasteiger partial charge in [0, 0.05) is 13.0 Å². The first-order valence-electron chi connectivity index (χ1n) is 6.45. The van der Waals surface area contributed by atoms with E-state index in [-0.39, 0.29) is 5.78 Å². The summed E-state index contributed by atoms with van der Waals surface area (Å²) in [6.07, 6.45) is 3.91. The van der Waals surface area contributed by atoms with E-state index in [4.69, 9.17) is 23.2 Å². The van der Waals surface area contributed by atoms with Gasteiger partial charge in [-0.1, -0.05) is 49.2 Å². The number of halogens is 2. The zero-order valence-electron chi connectivity index (χ0n) is 11.3. The van der Waals surface area contributed by atoms with Crippen LogP contribution in [0.25, 0.3) is 6.08 Å². The molecule has 0 N–H and O–H groups in total. The number of allylic oxidation sites excluding steroid dienone is 1. The van der Waals surface area contributed by atoms with E-state index >= 15 is 0 Å². The van der Waals surface area contributed by atoms with Crippen LogP contribution in [0.4, 0.5) is 0 Å². The third-order valence-electron chi connectivity index (χ3n) is 2.97. The lowest BCUT2D eigenvalue weighted by Crippen LogP contribution is -2.25. The van der Waals surface area contributed by atoms with Crippen LogP contribution in [0.15, 0.2) is 24.3 Å². The van der Waals surface area contributed by atoms with Crippen molar-refractivity contribution >= 4 is 35.1 Å². The molecule has 1 rings (SSSR count). The summed E-state index contributed by atoms with van der Waals surface area (Å²) in [6.45, 7) is 6.94. The molecule has 4 heteroatoms. The fourth-order valence-electron chi connectivity index (χ4n) is 1.70. The molecule has 0 unspecified atom stereocenters. The minimum absolute atomic E-state index is 0.123. The average molecular weight is 300 g/mol. The summed E-state index contributed by atoms with van der Waals surface area (Å²) in [7, 11) is 0. The van der Waals surface area contributed by atoms with Gasteiger partial charge in [-0.05, 0) is 36.9 Å². The van der Waals surface area contributed by atoms with Gasteiger partial charge in [0.05, 0.1) is 10.0 Å². The van der Waals surface area contributed by atoms with Gasteiger partial charge in [0.1, 0.15) is 0 Å². The van der Waals surface area contributed by atoms with Crippen LogP contribution in [0.3, 0.4) is 0 Å². The van der Waals surface area contributed by atoms with E-state index in [1.54, 1.807) is 24.3 Å². The van der Waals surface area contributed by atoms with Crippen molar-refractivity contribution in [2.75, 3.05) is 19.6 Å². The summed E-state index contributed by atoms with van der Waals surface area (Å²) in [5.41, 5.74) is 0.880. The van der Waals surface area contributed by atoms with Crippen molar-refractivity contribution in [3.8, 4) is 0 Å². The number of hydrogen-bond acceptors (Lipinski definition) is 2. The predicted molar refractivity (Wildman–Crippen MR) is 82.9 cm³/mol. The Hall–Kier alpha value is -0.830. The lowest BCUT2D eigenvalue weighted by Gasteiger charge is -2.16. The molecule has 0 amide bonds. The molecule has 104 valence electrons. The standard InChI is InChI=1S/C15H19Cl2NO/c1-3-18(4-2)10-9-13(19)7-5-12-6-8-14(16)15(17)11-12/h5-8,11H,3-4,9-10H2,1-2H3/b7-5-. The molecule has 0 spiro atoms. The van der Waals surface area contributed by atoms with Crippen molar-refractivity contribution in [1.29, 1.82) is 0 Å². The van der Waals surface area contributed by atoms with Crippen LogP contribution in [-0.2, 0) is 4.79 Å². The number of rotatable bonds is 7. The van der Waals surface area contributed by atoms with Gasteiger partial charge in [-0.2, -0.15) is 0 Å². The molecule has 2 nitrogen and oxygen atoms in total. The molecule has 0 saturated heterocycles. The van der Waals surface area contributed by atoms with Crippen molar-refractivity contribution < 1.29 is 4.79 Å². The van der Waals surface area contributed by atoms with Crippen molar-refractivity contribution in [2.24, 2.45) is 0 Å². The Bertz CT molecular complexity index is 453. The van der Waals surface area contributed by atoms with Crippen molar-refractivity contribution in [3.63, 3.8) is 0 Å². The minimum Gasteiger partial charge on any atom is -0.303 e. The maximum Gasteiger partial charge on any atom is 0.156 e. The maximum atomic E-state index is 11.7. The molecule has 0 aliphatic heterocycles. The van der Waals surface area contributed by atoms with E-state index in [9.17, 15) is 4.79 Å². The van der Waals surface area contributed by atoms with Gasteiger partial charge >= 0.3 is 0 Å². The minimum atomic E-state index is 0.123. The Morgan fingerprint density at radius 2 is 1.89 bits per heavy atom. The molecule has 0 radical (unpaired) electrons. The molecular formula is C15H19Cl2NO. The number of carbonyl (C=O) groups is 1. The number of nitrogens with zero attached hydrogens (tertiary/aromatic N) is 1. The lowest BCUT2D eigenvalue weighted by molar-refractivity contribution is -0.114. The third kappa shape index (κ3) is 5.77. The molecule has 0 heterocycles. The van der Waals surface area contributed by atoms with Crippen LogP contribution < -0.4 is 0 Å². The molecule has 0 fully saturated rings. The summed E-state index contributed by atoms with van der Waals surface area (Å²) < 4.78 is 0. The summed E-state index contributed by atoms with van der Waals surface area (Å²) in [5, 5.41) is 1.02. The highest BCUT2D eigenvalue weighted by atomic mass is 35.5. The van der Waals surface area contributed by atoms with Gasteiger partial charge in [-0.15, -0.1) is 0 Å². The number of hydrogen-bond donors (Lipinski definition) is 0. The summed E-state index contributed by atoms with van der Waals surface area (Å²) in [6, 6.07) is 5.31. The first-order chi connectivity index (χ1) is 9.06. The molecule has 0 atom stereocenters. The molecule has 1 aromatic rings. The van der Waals surface area contributed by atoms with Crippen LogP contribution in [0, 0.1) is 0 Å². The highest BCUT2D eigenvalue weighted by Gasteiger charge is 2.03. The lowest BCUT2D eigenvalue weighted by atomic mass is 10.1. The summed E-state index contributed by atoms with van der Waals surface area (Å²) >= 11 is 11.7. The van der Waals surface area contributed by atoms with Crippen molar-refractivity contribution in [3.05, 3.63) is 39.9 Å². The van der Waals surface area contributed by atoms with Crippen LogP contribution in [0.1, 0.15) is 25.8 Å². The summed E-state index contributed by atoms with van der Waals surface area (Å²) in [5.74, 6) is 0.123. The van der Waals surface area contributed by atoms with E-state index in [1.165, 1.54) is 0 Å². The van der Waals surface area contributed by atoms with E-state index in [1.807, 2.05) is 6.07 Å². The first kappa shape index (κ1) is 16.2. The second-order valence-corrected chi connectivity index (χ2v) is 5.06. The largest absolute Gasteiger partial charge is 0.303 e. The summed E-state index contributed by atoms with van der Waals surface area (Å²) in [4.78, 5) is 14.0. The average Bonchev–Trinajstić information content (AvgIpc) is 2.41. The molecule has 0 bridgehead atoms. The molecule has 0 aromatic heterocycles. The fourth-order valence-corrected chi connectivity index (χ4v) is 2.00. The van der Waals surface area contributed by atoms with Gasteiger partial charge in [0.15, 0.2) is 5.78 Å². The van der Waals surface area contributed by atoms with Crippen LogP contribution in [0.2, 0.25) is 10.0 Å². The smallest absolute Gasteiger partial charge is 0.156 e. The predicted octanol–water partition coefficient (Wildman–Crippen LogP) is 4.31. The Morgan fingerprint density at radius 3 is 2.47 bits per heavy atom. The van der Waals surface area contributed by atoms with E-state index < -0.39 is 0 Å². The molecule has 0 aliphatic carbocycles. The molecule has 0 saturated carbocycles. The maximum absolute atomic E-state index is 11.7. The van der Waals surface area contributed by atoms with Gasteiger partial charge < -0.3 is 4.90 Å². The van der Waals surface area contributed by atoms with E-state index in [0.29, 0.717) is 16.5 Å². The zero-order chi connectivity index (χ0) is 14.3. The van der Waals surface area contributed by atoms with E-state index in [2.05, 4.69) is 18.7 Å². The highest BCUT2D eigenvalue weighted by Crippen LogP contribution is 2.23. The second kappa shape index (κ2) is 8.36. The Morgan fingerprint density at radius 1 is 1.21 bits per heavy atom. The van der Waals surface area contributed by atoms with Crippen LogP contribution in [-0.4, -0.2) is 30.3 Å². The molecule has 0 aliphatic rings. The first-order valence-corrected chi connectivity index (χ1v) is 7.20. The van der Waals surface area contributed by atoms with E-state index in [0.717, 1.165) is 25.2 Å².